The molecule has 2 atom stereocenters. The molecule has 2 unspecified atom stereocenters. The Labute approximate surface area is 101 Å². The number of anilines is 1. The molecule has 2 N–H and O–H groups in total. The highest BCUT2D eigenvalue weighted by Gasteiger charge is 2.33. The number of hydrogen-bond donors (Lipinski definition) is 1. The van der Waals surface area contributed by atoms with Crippen molar-refractivity contribution in [2.45, 2.75) is 19.9 Å². The first kappa shape index (κ1) is 10.3. The zero-order valence-electron chi connectivity index (χ0n) is 9.87. The van der Waals surface area contributed by atoms with E-state index in [4.69, 9.17) is 5.73 Å². The molecule has 0 aromatic carbocycles. The Morgan fingerprint density at radius 2 is 2.24 bits per heavy atom. The van der Waals surface area contributed by atoms with Gasteiger partial charge in [-0.05, 0) is 24.3 Å². The summed E-state index contributed by atoms with van der Waals surface area (Å²) in [6.45, 7) is 3.32. The predicted octanol–water partition coefficient (Wildman–Crippen LogP) is 2.18. The molecule has 1 saturated carbocycles. The maximum Gasteiger partial charge on any atom is 0.0951 e. The molecule has 0 radical (unpaired) electrons. The average molecular weight is 228 g/mol. The molecule has 88 valence electrons. The lowest BCUT2D eigenvalue weighted by atomic mass is 10.2. The average Bonchev–Trinajstić information content (AvgIpc) is 2.83. The van der Waals surface area contributed by atoms with Gasteiger partial charge in [-0.2, -0.15) is 0 Å². The van der Waals surface area contributed by atoms with Crippen LogP contribution >= 0.6 is 0 Å². The molecule has 1 aliphatic carbocycles. The van der Waals surface area contributed by atoms with Crippen LogP contribution in [0.5, 0.6) is 0 Å². The van der Waals surface area contributed by atoms with Crippen molar-refractivity contribution >= 4 is 5.69 Å². The Morgan fingerprint density at radius 1 is 1.41 bits per heavy atom. The number of aromatic nitrogens is 3. The van der Waals surface area contributed by atoms with E-state index in [2.05, 4.69) is 21.5 Å². The smallest absolute Gasteiger partial charge is 0.0951 e. The first-order chi connectivity index (χ1) is 8.25. The molecule has 1 aliphatic rings. The number of nitrogen functional groups attached to an aromatic ring is 1. The first-order valence-electron chi connectivity index (χ1n) is 5.95. The van der Waals surface area contributed by atoms with E-state index >= 15 is 0 Å². The highest BCUT2D eigenvalue weighted by molar-refractivity contribution is 5.72. The van der Waals surface area contributed by atoms with Crippen LogP contribution in [0.1, 0.15) is 13.3 Å². The van der Waals surface area contributed by atoms with E-state index in [0.717, 1.165) is 35.3 Å². The predicted molar refractivity (Wildman–Crippen MR) is 67.1 cm³/mol. The summed E-state index contributed by atoms with van der Waals surface area (Å²) in [6.07, 6.45) is 8.58. The van der Waals surface area contributed by atoms with Crippen LogP contribution in [0.15, 0.2) is 31.0 Å². The molecule has 1 fully saturated rings. The van der Waals surface area contributed by atoms with Crippen molar-refractivity contribution in [2.24, 2.45) is 11.8 Å². The second kappa shape index (κ2) is 3.87. The largest absolute Gasteiger partial charge is 0.398 e. The maximum atomic E-state index is 5.97. The van der Waals surface area contributed by atoms with Crippen LogP contribution in [0.25, 0.3) is 11.3 Å². The normalized spacial score (nSPS) is 22.6. The summed E-state index contributed by atoms with van der Waals surface area (Å²) in [7, 11) is 0. The van der Waals surface area contributed by atoms with Gasteiger partial charge in [-0.3, -0.25) is 4.98 Å². The van der Waals surface area contributed by atoms with Gasteiger partial charge in [0.25, 0.3) is 0 Å². The summed E-state index contributed by atoms with van der Waals surface area (Å²) >= 11 is 0. The minimum atomic E-state index is 0.755. The number of pyridine rings is 1. The Balaban J connectivity index is 1.93. The molecule has 0 bridgehead atoms. The Hall–Kier alpha value is -1.84. The lowest BCUT2D eigenvalue weighted by Crippen LogP contribution is -2.03. The van der Waals surface area contributed by atoms with Gasteiger partial charge in [-0.1, -0.05) is 6.92 Å². The lowest BCUT2D eigenvalue weighted by molar-refractivity contribution is 0.597. The van der Waals surface area contributed by atoms with Crippen LogP contribution in [-0.2, 0) is 6.54 Å². The topological polar surface area (TPSA) is 56.7 Å². The summed E-state index contributed by atoms with van der Waals surface area (Å²) in [5.74, 6) is 1.64. The molecule has 0 amide bonds. The summed E-state index contributed by atoms with van der Waals surface area (Å²) in [6, 6.07) is 1.83. The molecule has 4 heteroatoms. The second-order valence-corrected chi connectivity index (χ2v) is 4.87. The maximum absolute atomic E-state index is 5.97. The fourth-order valence-corrected chi connectivity index (χ4v) is 2.22. The second-order valence-electron chi connectivity index (χ2n) is 4.87. The van der Waals surface area contributed by atoms with E-state index in [1.165, 1.54) is 6.42 Å². The number of rotatable bonds is 3. The monoisotopic (exact) mass is 228 g/mol. The van der Waals surface area contributed by atoms with E-state index in [9.17, 15) is 0 Å². The standard InChI is InChI=1S/C13H16N4/c1-9-4-10(9)7-17-8-16-6-13(17)11-5-15-3-2-12(11)14/h2-3,5-6,8-10H,4,7H2,1H3,(H2,14,15). The molecule has 17 heavy (non-hydrogen) atoms. The minimum Gasteiger partial charge on any atom is -0.398 e. The molecular weight excluding hydrogens is 212 g/mol. The van der Waals surface area contributed by atoms with Gasteiger partial charge < -0.3 is 10.3 Å². The summed E-state index contributed by atoms with van der Waals surface area (Å²) in [4.78, 5) is 8.36. The van der Waals surface area contributed by atoms with E-state index < -0.39 is 0 Å². The fourth-order valence-electron chi connectivity index (χ4n) is 2.22. The Kier molecular flexibility index (Phi) is 2.35. The van der Waals surface area contributed by atoms with Gasteiger partial charge in [0.05, 0.1) is 18.2 Å². The molecule has 2 aromatic heterocycles. The van der Waals surface area contributed by atoms with Crippen molar-refractivity contribution < 1.29 is 0 Å². The third kappa shape index (κ3) is 1.90. The SMILES string of the molecule is CC1CC1Cn1cncc1-c1cnccc1N. The van der Waals surface area contributed by atoms with Crippen molar-refractivity contribution in [3.8, 4) is 11.3 Å². The van der Waals surface area contributed by atoms with E-state index in [-0.39, 0.29) is 0 Å². The zero-order valence-corrected chi connectivity index (χ0v) is 9.87. The van der Waals surface area contributed by atoms with Crippen LogP contribution in [0.4, 0.5) is 5.69 Å². The van der Waals surface area contributed by atoms with Gasteiger partial charge in [-0.15, -0.1) is 0 Å². The van der Waals surface area contributed by atoms with Gasteiger partial charge in [0.15, 0.2) is 0 Å². The van der Waals surface area contributed by atoms with Gasteiger partial charge >= 0.3 is 0 Å². The molecule has 2 heterocycles. The number of hydrogen-bond acceptors (Lipinski definition) is 3. The van der Waals surface area contributed by atoms with Gasteiger partial charge in [-0.25, -0.2) is 4.98 Å². The van der Waals surface area contributed by atoms with Crippen molar-refractivity contribution in [2.75, 3.05) is 5.73 Å². The van der Waals surface area contributed by atoms with E-state index in [1.807, 2.05) is 18.6 Å². The van der Waals surface area contributed by atoms with Crippen molar-refractivity contribution in [3.05, 3.63) is 31.0 Å². The minimum absolute atomic E-state index is 0.755. The van der Waals surface area contributed by atoms with Crippen LogP contribution in [-0.4, -0.2) is 14.5 Å². The highest BCUT2D eigenvalue weighted by Crippen LogP contribution is 2.39. The van der Waals surface area contributed by atoms with Gasteiger partial charge in [0.1, 0.15) is 0 Å². The highest BCUT2D eigenvalue weighted by atomic mass is 15.1. The van der Waals surface area contributed by atoms with Gasteiger partial charge in [0, 0.05) is 30.2 Å². The molecule has 3 rings (SSSR count). The quantitative estimate of drug-likeness (QED) is 0.876. The van der Waals surface area contributed by atoms with Crippen LogP contribution in [0.2, 0.25) is 0 Å². The number of nitrogens with two attached hydrogens (primary N) is 1. The Bertz CT molecular complexity index is 532. The summed E-state index contributed by atoms with van der Waals surface area (Å²) in [5, 5.41) is 0. The molecule has 0 saturated heterocycles. The van der Waals surface area contributed by atoms with E-state index in [0.29, 0.717) is 0 Å². The molecule has 4 nitrogen and oxygen atoms in total. The number of nitrogens with zero attached hydrogens (tertiary/aromatic N) is 3. The number of imidazole rings is 1. The fraction of sp³-hybridized carbons (Fsp3) is 0.385. The lowest BCUT2D eigenvalue weighted by Gasteiger charge is -2.09. The third-order valence-corrected chi connectivity index (χ3v) is 3.55. The first-order valence-corrected chi connectivity index (χ1v) is 5.95. The molecule has 2 aromatic rings. The third-order valence-electron chi connectivity index (χ3n) is 3.55. The zero-order chi connectivity index (χ0) is 11.8. The summed E-state index contributed by atoms with van der Waals surface area (Å²) < 4.78 is 2.18. The van der Waals surface area contributed by atoms with Crippen molar-refractivity contribution in [1.82, 2.24) is 14.5 Å². The Morgan fingerprint density at radius 3 is 2.94 bits per heavy atom. The van der Waals surface area contributed by atoms with Crippen LogP contribution < -0.4 is 5.73 Å². The molecular formula is C13H16N4. The molecule has 0 aliphatic heterocycles. The van der Waals surface area contributed by atoms with Crippen LogP contribution in [0, 0.1) is 11.8 Å². The summed E-state index contributed by atoms with van der Waals surface area (Å²) in [5.41, 5.74) is 8.76. The van der Waals surface area contributed by atoms with Gasteiger partial charge in [0.2, 0.25) is 0 Å². The van der Waals surface area contributed by atoms with Crippen molar-refractivity contribution in [3.63, 3.8) is 0 Å². The van der Waals surface area contributed by atoms with Crippen LogP contribution in [0.3, 0.4) is 0 Å². The molecule has 0 spiro atoms. The van der Waals surface area contributed by atoms with E-state index in [1.54, 1.807) is 12.4 Å². The van der Waals surface area contributed by atoms with Crippen molar-refractivity contribution in [1.29, 1.82) is 0 Å².